The van der Waals surface area contributed by atoms with Gasteiger partial charge >= 0.3 is 0 Å². The Morgan fingerprint density at radius 2 is 2.20 bits per heavy atom. The number of likely N-dealkylation sites (tertiary alicyclic amines) is 1. The van der Waals surface area contributed by atoms with Gasteiger partial charge in [-0.15, -0.1) is 0 Å². The zero-order valence-electron chi connectivity index (χ0n) is 13.8. The van der Waals surface area contributed by atoms with Gasteiger partial charge in [0, 0.05) is 19.7 Å². The minimum atomic E-state index is -0.408. The lowest BCUT2D eigenvalue weighted by Gasteiger charge is -2.39. The van der Waals surface area contributed by atoms with Gasteiger partial charge in [-0.2, -0.15) is 5.26 Å². The molecule has 2 atom stereocenters. The van der Waals surface area contributed by atoms with Crippen LogP contribution in [0, 0.1) is 11.3 Å². The molecule has 0 aromatic rings. The van der Waals surface area contributed by atoms with Crippen molar-refractivity contribution in [2.75, 3.05) is 26.7 Å². The summed E-state index contributed by atoms with van der Waals surface area (Å²) in [6, 6.07) is 2.76. The third kappa shape index (κ3) is 5.40. The van der Waals surface area contributed by atoms with Crippen LogP contribution in [-0.2, 0) is 4.74 Å². The van der Waals surface area contributed by atoms with Gasteiger partial charge in [0.05, 0.1) is 11.7 Å². The normalized spacial score (nSPS) is 27.2. The lowest BCUT2D eigenvalue weighted by atomic mass is 9.93. The van der Waals surface area contributed by atoms with E-state index in [2.05, 4.69) is 37.1 Å². The highest BCUT2D eigenvalue weighted by Gasteiger charge is 2.31. The highest BCUT2D eigenvalue weighted by atomic mass is 16.5. The van der Waals surface area contributed by atoms with Crippen molar-refractivity contribution in [1.29, 1.82) is 5.26 Å². The van der Waals surface area contributed by atoms with E-state index in [1.807, 2.05) is 14.0 Å². The Kier molecular flexibility index (Phi) is 6.44. The van der Waals surface area contributed by atoms with E-state index in [1.54, 1.807) is 0 Å². The summed E-state index contributed by atoms with van der Waals surface area (Å²) in [5.41, 5.74) is -0.401. The lowest BCUT2D eigenvalue weighted by molar-refractivity contribution is -0.0510. The van der Waals surface area contributed by atoms with Crippen LogP contribution >= 0.6 is 0 Å². The third-order valence-corrected chi connectivity index (χ3v) is 4.24. The molecule has 1 aliphatic heterocycles. The van der Waals surface area contributed by atoms with Crippen molar-refractivity contribution in [3.63, 3.8) is 0 Å². The van der Waals surface area contributed by atoms with Crippen molar-refractivity contribution in [2.45, 2.75) is 70.6 Å². The Bertz CT molecular complexity index is 339. The van der Waals surface area contributed by atoms with Crippen LogP contribution in [0.4, 0.5) is 0 Å². The molecule has 0 aliphatic carbocycles. The molecule has 0 aromatic heterocycles. The zero-order chi connectivity index (χ0) is 15.2. The number of ether oxygens (including phenoxy) is 1. The summed E-state index contributed by atoms with van der Waals surface area (Å²) < 4.78 is 5.62. The van der Waals surface area contributed by atoms with Gasteiger partial charge in [0.1, 0.15) is 5.54 Å². The Morgan fingerprint density at radius 1 is 1.50 bits per heavy atom. The fourth-order valence-electron chi connectivity index (χ4n) is 3.12. The first-order valence-electron chi connectivity index (χ1n) is 7.79. The molecular formula is C16H31N3O. The molecule has 1 fully saturated rings. The van der Waals surface area contributed by atoms with Gasteiger partial charge in [-0.3, -0.25) is 5.32 Å². The number of nitrogens with zero attached hydrogens (tertiary/aromatic N) is 2. The van der Waals surface area contributed by atoms with Crippen molar-refractivity contribution in [1.82, 2.24) is 10.2 Å². The quantitative estimate of drug-likeness (QED) is 0.779. The standard InChI is InChI=1S/C16H31N3O/c1-14(2)18-15(3,12-17)8-6-10-19-11-7-9-16(4,13-19)20-5/h14,18H,6-11,13H2,1-5H3. The Labute approximate surface area is 124 Å². The molecule has 1 heterocycles. The van der Waals surface area contributed by atoms with Crippen LogP contribution < -0.4 is 5.32 Å². The van der Waals surface area contributed by atoms with E-state index < -0.39 is 5.54 Å². The smallest absolute Gasteiger partial charge is 0.104 e. The number of rotatable bonds is 7. The first-order valence-corrected chi connectivity index (χ1v) is 7.79. The van der Waals surface area contributed by atoms with Crippen LogP contribution in [0.3, 0.4) is 0 Å². The highest BCUT2D eigenvalue weighted by Crippen LogP contribution is 2.24. The molecule has 4 heteroatoms. The number of hydrogen-bond donors (Lipinski definition) is 1. The van der Waals surface area contributed by atoms with Crippen LogP contribution in [0.2, 0.25) is 0 Å². The Balaban J connectivity index is 2.38. The molecule has 20 heavy (non-hydrogen) atoms. The van der Waals surface area contributed by atoms with Gasteiger partial charge in [-0.25, -0.2) is 0 Å². The molecule has 116 valence electrons. The van der Waals surface area contributed by atoms with Crippen LogP contribution in [0.25, 0.3) is 0 Å². The molecular weight excluding hydrogens is 250 g/mol. The topological polar surface area (TPSA) is 48.3 Å². The van der Waals surface area contributed by atoms with Gasteiger partial charge in [0.25, 0.3) is 0 Å². The predicted molar refractivity (Wildman–Crippen MR) is 82.6 cm³/mol. The summed E-state index contributed by atoms with van der Waals surface area (Å²) in [6.07, 6.45) is 4.28. The Hall–Kier alpha value is -0.630. The molecule has 0 radical (unpaired) electrons. The maximum absolute atomic E-state index is 9.35. The Morgan fingerprint density at radius 3 is 2.75 bits per heavy atom. The number of piperidine rings is 1. The average Bonchev–Trinajstić information content (AvgIpc) is 2.38. The molecule has 1 saturated heterocycles. The number of hydrogen-bond acceptors (Lipinski definition) is 4. The third-order valence-electron chi connectivity index (χ3n) is 4.24. The fourth-order valence-corrected chi connectivity index (χ4v) is 3.12. The molecule has 0 saturated carbocycles. The highest BCUT2D eigenvalue weighted by molar-refractivity contribution is 5.04. The van der Waals surface area contributed by atoms with Crippen molar-refractivity contribution < 1.29 is 4.74 Å². The van der Waals surface area contributed by atoms with E-state index in [-0.39, 0.29) is 5.60 Å². The monoisotopic (exact) mass is 281 g/mol. The van der Waals surface area contributed by atoms with Gasteiger partial charge in [-0.1, -0.05) is 0 Å². The molecule has 0 spiro atoms. The van der Waals surface area contributed by atoms with Gasteiger partial charge in [0.2, 0.25) is 0 Å². The van der Waals surface area contributed by atoms with Crippen LogP contribution in [-0.4, -0.2) is 48.8 Å². The molecule has 1 rings (SSSR count). The van der Waals surface area contributed by atoms with E-state index >= 15 is 0 Å². The second-order valence-corrected chi connectivity index (χ2v) is 6.88. The molecule has 2 unspecified atom stereocenters. The van der Waals surface area contributed by atoms with E-state index in [4.69, 9.17) is 4.74 Å². The summed E-state index contributed by atoms with van der Waals surface area (Å²) >= 11 is 0. The second-order valence-electron chi connectivity index (χ2n) is 6.88. The summed E-state index contributed by atoms with van der Waals surface area (Å²) in [6.45, 7) is 11.6. The fraction of sp³-hybridized carbons (Fsp3) is 0.938. The SMILES string of the molecule is COC1(C)CCCN(CCCC(C)(C#N)NC(C)C)C1. The van der Waals surface area contributed by atoms with Crippen molar-refractivity contribution in [3.8, 4) is 6.07 Å². The minimum absolute atomic E-state index is 0.00691. The molecule has 4 nitrogen and oxygen atoms in total. The van der Waals surface area contributed by atoms with Gasteiger partial charge in [0.15, 0.2) is 0 Å². The number of nitrogens with one attached hydrogen (secondary N) is 1. The van der Waals surface area contributed by atoms with Crippen molar-refractivity contribution in [2.24, 2.45) is 0 Å². The van der Waals surface area contributed by atoms with Crippen molar-refractivity contribution in [3.05, 3.63) is 0 Å². The summed E-state index contributed by atoms with van der Waals surface area (Å²) in [4.78, 5) is 2.47. The van der Waals surface area contributed by atoms with E-state index in [0.717, 1.165) is 38.9 Å². The zero-order valence-corrected chi connectivity index (χ0v) is 13.8. The average molecular weight is 281 g/mol. The van der Waals surface area contributed by atoms with E-state index in [1.165, 1.54) is 6.42 Å². The molecule has 0 bridgehead atoms. The van der Waals surface area contributed by atoms with E-state index in [0.29, 0.717) is 6.04 Å². The summed E-state index contributed by atoms with van der Waals surface area (Å²) in [5, 5.41) is 12.7. The van der Waals surface area contributed by atoms with Crippen molar-refractivity contribution >= 4 is 0 Å². The number of nitriles is 1. The maximum Gasteiger partial charge on any atom is 0.104 e. The minimum Gasteiger partial charge on any atom is -0.377 e. The van der Waals surface area contributed by atoms with Gasteiger partial charge in [-0.05, 0) is 66.5 Å². The molecule has 1 aliphatic rings. The maximum atomic E-state index is 9.35. The van der Waals surface area contributed by atoms with Gasteiger partial charge < -0.3 is 9.64 Å². The number of methoxy groups -OCH3 is 1. The largest absolute Gasteiger partial charge is 0.377 e. The first-order chi connectivity index (χ1) is 9.32. The van der Waals surface area contributed by atoms with Crippen LogP contribution in [0.15, 0.2) is 0 Å². The van der Waals surface area contributed by atoms with E-state index in [9.17, 15) is 5.26 Å². The summed E-state index contributed by atoms with van der Waals surface area (Å²) in [5.74, 6) is 0. The molecule has 0 aromatic carbocycles. The second kappa shape index (κ2) is 7.40. The predicted octanol–water partition coefficient (Wildman–Crippen LogP) is 2.55. The van der Waals surface area contributed by atoms with Crippen LogP contribution in [0.5, 0.6) is 0 Å². The molecule has 1 N–H and O–H groups in total. The molecule has 0 amide bonds. The van der Waals surface area contributed by atoms with Crippen LogP contribution in [0.1, 0.15) is 53.4 Å². The lowest BCUT2D eigenvalue weighted by Crippen LogP contribution is -2.48. The first kappa shape index (κ1) is 17.4. The summed E-state index contributed by atoms with van der Waals surface area (Å²) in [7, 11) is 1.81.